The van der Waals surface area contributed by atoms with Crippen LogP contribution in [-0.4, -0.2) is 29.6 Å². The molecule has 0 spiro atoms. The molecule has 0 amide bonds. The van der Waals surface area contributed by atoms with E-state index < -0.39 is 6.10 Å². The van der Waals surface area contributed by atoms with Crippen LogP contribution in [-0.2, 0) is 0 Å². The summed E-state index contributed by atoms with van der Waals surface area (Å²) in [7, 11) is 0. The van der Waals surface area contributed by atoms with E-state index in [0.29, 0.717) is 6.54 Å². The van der Waals surface area contributed by atoms with Gasteiger partial charge in [-0.3, -0.25) is 0 Å². The van der Waals surface area contributed by atoms with Crippen LogP contribution in [0.3, 0.4) is 0 Å². The smallest absolute Gasteiger partial charge is 0.0916 e. The fourth-order valence-electron chi connectivity index (χ4n) is 1.99. The number of anilines is 1. The third-order valence-corrected chi connectivity index (χ3v) is 2.83. The van der Waals surface area contributed by atoms with E-state index in [1.165, 1.54) is 0 Å². The van der Waals surface area contributed by atoms with Crippen LogP contribution in [0.5, 0.6) is 0 Å². The lowest BCUT2D eigenvalue weighted by Gasteiger charge is -2.24. The SMILES string of the molecule is CCCN(CCC)CC(O)c1ccc(N)cc1. The minimum atomic E-state index is -0.423. The number of hydrogen-bond acceptors (Lipinski definition) is 3. The van der Waals surface area contributed by atoms with E-state index >= 15 is 0 Å². The molecule has 0 fully saturated rings. The molecule has 1 aromatic rings. The molecule has 3 nitrogen and oxygen atoms in total. The van der Waals surface area contributed by atoms with Crippen molar-refractivity contribution < 1.29 is 5.11 Å². The standard InChI is InChI=1S/C14H24N2O/c1-3-9-16(10-4-2)11-14(17)12-5-7-13(15)8-6-12/h5-8,14,17H,3-4,9-11,15H2,1-2H3. The third kappa shape index (κ3) is 4.75. The zero-order chi connectivity index (χ0) is 12.7. The van der Waals surface area contributed by atoms with Crippen LogP contribution >= 0.6 is 0 Å². The molecule has 96 valence electrons. The Kier molecular flexibility index (Phi) is 6.01. The number of benzene rings is 1. The summed E-state index contributed by atoms with van der Waals surface area (Å²) in [6, 6.07) is 7.47. The lowest BCUT2D eigenvalue weighted by atomic mass is 10.1. The second-order valence-corrected chi connectivity index (χ2v) is 4.48. The minimum absolute atomic E-state index is 0.423. The van der Waals surface area contributed by atoms with Gasteiger partial charge in [0.2, 0.25) is 0 Å². The number of rotatable bonds is 7. The zero-order valence-corrected chi connectivity index (χ0v) is 10.9. The summed E-state index contributed by atoms with van der Waals surface area (Å²) in [5.74, 6) is 0. The first-order valence-corrected chi connectivity index (χ1v) is 6.43. The number of aliphatic hydroxyl groups excluding tert-OH is 1. The molecule has 0 bridgehead atoms. The number of aliphatic hydroxyl groups is 1. The molecule has 0 aliphatic heterocycles. The molecule has 0 aromatic heterocycles. The first-order chi connectivity index (χ1) is 8.17. The molecule has 0 radical (unpaired) electrons. The summed E-state index contributed by atoms with van der Waals surface area (Å²) in [6.07, 6.45) is 1.82. The summed E-state index contributed by atoms with van der Waals surface area (Å²) < 4.78 is 0. The largest absolute Gasteiger partial charge is 0.399 e. The average Bonchev–Trinajstić information content (AvgIpc) is 2.30. The molecule has 1 aromatic carbocycles. The molecule has 3 heteroatoms. The highest BCUT2D eigenvalue weighted by Gasteiger charge is 2.12. The molecular weight excluding hydrogens is 212 g/mol. The van der Waals surface area contributed by atoms with Gasteiger partial charge in [-0.1, -0.05) is 26.0 Å². The zero-order valence-electron chi connectivity index (χ0n) is 10.9. The van der Waals surface area contributed by atoms with Crippen LogP contribution < -0.4 is 5.73 Å². The summed E-state index contributed by atoms with van der Waals surface area (Å²) in [5.41, 5.74) is 7.31. The van der Waals surface area contributed by atoms with Gasteiger partial charge in [-0.05, 0) is 43.6 Å². The van der Waals surface area contributed by atoms with Crippen LogP contribution in [0.2, 0.25) is 0 Å². The average molecular weight is 236 g/mol. The van der Waals surface area contributed by atoms with E-state index in [0.717, 1.165) is 37.2 Å². The number of hydrogen-bond donors (Lipinski definition) is 2. The topological polar surface area (TPSA) is 49.5 Å². The van der Waals surface area contributed by atoms with Crippen LogP contribution in [0.25, 0.3) is 0 Å². The Labute approximate surface area is 104 Å². The second-order valence-electron chi connectivity index (χ2n) is 4.48. The Hall–Kier alpha value is -1.06. The lowest BCUT2D eigenvalue weighted by molar-refractivity contribution is 0.113. The first-order valence-electron chi connectivity index (χ1n) is 6.43. The number of nitrogens with zero attached hydrogens (tertiary/aromatic N) is 1. The van der Waals surface area contributed by atoms with E-state index in [4.69, 9.17) is 5.73 Å². The predicted molar refractivity (Wildman–Crippen MR) is 72.8 cm³/mol. The quantitative estimate of drug-likeness (QED) is 0.715. The summed E-state index contributed by atoms with van der Waals surface area (Å²) in [4.78, 5) is 2.31. The molecule has 0 heterocycles. The van der Waals surface area contributed by atoms with E-state index in [9.17, 15) is 5.11 Å². The van der Waals surface area contributed by atoms with Gasteiger partial charge in [-0.25, -0.2) is 0 Å². The number of nitrogen functional groups attached to an aromatic ring is 1. The van der Waals surface area contributed by atoms with E-state index in [1.54, 1.807) is 0 Å². The monoisotopic (exact) mass is 236 g/mol. The van der Waals surface area contributed by atoms with Gasteiger partial charge in [-0.2, -0.15) is 0 Å². The first kappa shape index (κ1) is 14.0. The van der Waals surface area contributed by atoms with Crippen LogP contribution in [0.1, 0.15) is 38.4 Å². The predicted octanol–water partition coefficient (Wildman–Crippen LogP) is 2.42. The maximum absolute atomic E-state index is 10.2. The van der Waals surface area contributed by atoms with Crippen molar-refractivity contribution in [1.82, 2.24) is 4.90 Å². The minimum Gasteiger partial charge on any atom is -0.399 e. The fraction of sp³-hybridized carbons (Fsp3) is 0.571. The highest BCUT2D eigenvalue weighted by atomic mass is 16.3. The van der Waals surface area contributed by atoms with Crippen molar-refractivity contribution in [2.45, 2.75) is 32.8 Å². The van der Waals surface area contributed by atoms with Gasteiger partial charge in [-0.15, -0.1) is 0 Å². The lowest BCUT2D eigenvalue weighted by Crippen LogP contribution is -2.30. The van der Waals surface area contributed by atoms with Crippen LogP contribution in [0.15, 0.2) is 24.3 Å². The Morgan fingerprint density at radius 3 is 2.12 bits per heavy atom. The third-order valence-electron chi connectivity index (χ3n) is 2.83. The van der Waals surface area contributed by atoms with Gasteiger partial charge >= 0.3 is 0 Å². The maximum atomic E-state index is 10.2. The van der Waals surface area contributed by atoms with Crippen molar-refractivity contribution in [2.75, 3.05) is 25.4 Å². The molecule has 0 saturated heterocycles. The van der Waals surface area contributed by atoms with Crippen molar-refractivity contribution in [3.8, 4) is 0 Å². The second kappa shape index (κ2) is 7.30. The molecule has 0 saturated carbocycles. The molecule has 1 rings (SSSR count). The Balaban J connectivity index is 2.56. The Morgan fingerprint density at radius 1 is 1.12 bits per heavy atom. The van der Waals surface area contributed by atoms with Gasteiger partial charge in [0.05, 0.1) is 6.10 Å². The van der Waals surface area contributed by atoms with Crippen molar-refractivity contribution in [2.24, 2.45) is 0 Å². The van der Waals surface area contributed by atoms with Crippen molar-refractivity contribution in [1.29, 1.82) is 0 Å². The fourth-order valence-corrected chi connectivity index (χ4v) is 1.99. The Morgan fingerprint density at radius 2 is 1.65 bits per heavy atom. The van der Waals surface area contributed by atoms with Crippen LogP contribution in [0, 0.1) is 0 Å². The molecule has 17 heavy (non-hydrogen) atoms. The van der Waals surface area contributed by atoms with Crippen molar-refractivity contribution in [3.05, 3.63) is 29.8 Å². The molecule has 1 unspecified atom stereocenters. The van der Waals surface area contributed by atoms with Crippen molar-refractivity contribution in [3.63, 3.8) is 0 Å². The summed E-state index contributed by atoms with van der Waals surface area (Å²) in [6.45, 7) is 7.11. The van der Waals surface area contributed by atoms with E-state index in [2.05, 4.69) is 18.7 Å². The van der Waals surface area contributed by atoms with Gasteiger partial charge in [0.25, 0.3) is 0 Å². The van der Waals surface area contributed by atoms with Crippen LogP contribution in [0.4, 0.5) is 5.69 Å². The molecule has 0 aliphatic rings. The highest BCUT2D eigenvalue weighted by Crippen LogP contribution is 2.16. The van der Waals surface area contributed by atoms with Gasteiger partial charge in [0, 0.05) is 12.2 Å². The maximum Gasteiger partial charge on any atom is 0.0916 e. The summed E-state index contributed by atoms with van der Waals surface area (Å²) >= 11 is 0. The van der Waals surface area contributed by atoms with E-state index in [-0.39, 0.29) is 0 Å². The van der Waals surface area contributed by atoms with Crippen molar-refractivity contribution >= 4 is 5.69 Å². The molecule has 0 aliphatic carbocycles. The Bertz CT molecular complexity index is 305. The summed E-state index contributed by atoms with van der Waals surface area (Å²) in [5, 5.41) is 10.2. The van der Waals surface area contributed by atoms with E-state index in [1.807, 2.05) is 24.3 Å². The molecule has 1 atom stereocenters. The van der Waals surface area contributed by atoms with Gasteiger partial charge in [0.15, 0.2) is 0 Å². The highest BCUT2D eigenvalue weighted by molar-refractivity contribution is 5.39. The van der Waals surface area contributed by atoms with Gasteiger partial charge in [0.1, 0.15) is 0 Å². The van der Waals surface area contributed by atoms with Gasteiger partial charge < -0.3 is 15.7 Å². The molecule has 3 N–H and O–H groups in total. The molecular formula is C14H24N2O. The number of nitrogens with two attached hydrogens (primary N) is 1. The normalized spacial score (nSPS) is 12.9.